The molecule has 0 fully saturated rings. The lowest BCUT2D eigenvalue weighted by atomic mass is 10.2. The Morgan fingerprint density at radius 1 is 1.45 bits per heavy atom. The fraction of sp³-hybridized carbons (Fsp3) is 0.357. The molecule has 0 radical (unpaired) electrons. The number of thiophene rings is 1. The first kappa shape index (κ1) is 15.1. The second-order valence-electron chi connectivity index (χ2n) is 4.33. The van der Waals surface area contributed by atoms with Crippen LogP contribution in [-0.2, 0) is 11.2 Å². The molecule has 6 heteroatoms. The number of carbonyl (C=O) groups is 1. The largest absolute Gasteiger partial charge is 0.463 e. The van der Waals surface area contributed by atoms with Gasteiger partial charge in [-0.15, -0.1) is 11.3 Å². The van der Waals surface area contributed by atoms with Gasteiger partial charge in [0.1, 0.15) is 5.76 Å². The predicted molar refractivity (Wildman–Crippen MR) is 79.5 cm³/mol. The Balaban J connectivity index is 1.83. The van der Waals surface area contributed by atoms with E-state index in [2.05, 4.69) is 10.1 Å². The molecule has 2 heterocycles. The monoisotopic (exact) mass is 313 g/mol. The van der Waals surface area contributed by atoms with Crippen LogP contribution >= 0.6 is 22.9 Å². The fourth-order valence-electron chi connectivity index (χ4n) is 1.79. The van der Waals surface area contributed by atoms with Gasteiger partial charge < -0.3 is 14.5 Å². The van der Waals surface area contributed by atoms with Crippen molar-refractivity contribution in [3.05, 3.63) is 45.0 Å². The topological polar surface area (TPSA) is 51.5 Å². The average Bonchev–Trinajstić information content (AvgIpc) is 3.07. The van der Waals surface area contributed by atoms with E-state index in [-0.39, 0.29) is 11.8 Å². The summed E-state index contributed by atoms with van der Waals surface area (Å²) in [6.07, 6.45) is 0.909. The highest BCUT2D eigenvalue weighted by atomic mass is 35.5. The third-order valence-electron chi connectivity index (χ3n) is 2.89. The lowest BCUT2D eigenvalue weighted by molar-refractivity contribution is 0.0562. The van der Waals surface area contributed by atoms with Gasteiger partial charge in [-0.3, -0.25) is 0 Å². The Morgan fingerprint density at radius 2 is 2.25 bits per heavy atom. The molecule has 0 bridgehead atoms. The lowest BCUT2D eigenvalue weighted by Crippen LogP contribution is -2.20. The SMILES string of the molecule is COC(=O)c1ccc(C(C)NCCc2ccc(Cl)s2)o1. The molecule has 0 saturated heterocycles. The smallest absolute Gasteiger partial charge is 0.373 e. The van der Waals surface area contributed by atoms with Crippen molar-refractivity contribution in [3.63, 3.8) is 0 Å². The van der Waals surface area contributed by atoms with Gasteiger partial charge >= 0.3 is 5.97 Å². The van der Waals surface area contributed by atoms with Gasteiger partial charge in [0.05, 0.1) is 17.5 Å². The molecule has 2 rings (SSSR count). The number of esters is 1. The van der Waals surface area contributed by atoms with Crippen LogP contribution in [0.25, 0.3) is 0 Å². The van der Waals surface area contributed by atoms with Gasteiger partial charge in [-0.25, -0.2) is 4.79 Å². The predicted octanol–water partition coefficient (Wildman–Crippen LogP) is 3.67. The molecule has 20 heavy (non-hydrogen) atoms. The summed E-state index contributed by atoms with van der Waals surface area (Å²) in [5.41, 5.74) is 0. The first-order valence-corrected chi connectivity index (χ1v) is 7.45. The molecule has 0 amide bonds. The summed E-state index contributed by atoms with van der Waals surface area (Å²) in [5, 5.41) is 3.34. The number of halogens is 1. The van der Waals surface area contributed by atoms with Gasteiger partial charge in [0, 0.05) is 11.4 Å². The van der Waals surface area contributed by atoms with Crippen LogP contribution < -0.4 is 5.32 Å². The van der Waals surface area contributed by atoms with E-state index < -0.39 is 5.97 Å². The number of methoxy groups -OCH3 is 1. The Bertz CT molecular complexity index is 578. The van der Waals surface area contributed by atoms with Crippen LogP contribution in [0.5, 0.6) is 0 Å². The Kier molecular flexibility index (Phi) is 5.23. The molecule has 0 aliphatic rings. The summed E-state index contributed by atoms with van der Waals surface area (Å²) >= 11 is 7.47. The summed E-state index contributed by atoms with van der Waals surface area (Å²) in [7, 11) is 1.33. The van der Waals surface area contributed by atoms with E-state index >= 15 is 0 Å². The number of rotatable bonds is 6. The maximum atomic E-state index is 11.3. The number of nitrogens with one attached hydrogen (secondary N) is 1. The van der Waals surface area contributed by atoms with E-state index in [0.29, 0.717) is 0 Å². The van der Waals surface area contributed by atoms with Crippen LogP contribution in [0.2, 0.25) is 4.34 Å². The molecular weight excluding hydrogens is 298 g/mol. The summed E-state index contributed by atoms with van der Waals surface area (Å²) < 4.78 is 10.9. The Labute approximate surface area is 126 Å². The minimum Gasteiger partial charge on any atom is -0.463 e. The van der Waals surface area contributed by atoms with E-state index in [0.717, 1.165) is 23.1 Å². The Morgan fingerprint density at radius 3 is 2.90 bits per heavy atom. The molecule has 108 valence electrons. The molecule has 2 aromatic heterocycles. The molecule has 2 aromatic rings. The fourth-order valence-corrected chi connectivity index (χ4v) is 2.88. The zero-order chi connectivity index (χ0) is 14.5. The third kappa shape index (κ3) is 3.85. The standard InChI is InChI=1S/C14H16ClNO3S/c1-9(11-4-5-12(19-11)14(17)18-2)16-8-7-10-3-6-13(15)20-10/h3-6,9,16H,7-8H2,1-2H3. The molecule has 0 aromatic carbocycles. The number of furan rings is 1. The van der Waals surface area contributed by atoms with Gasteiger partial charge in [0.15, 0.2) is 0 Å². The van der Waals surface area contributed by atoms with Crippen molar-refractivity contribution in [3.8, 4) is 0 Å². The van der Waals surface area contributed by atoms with Crippen molar-refractivity contribution in [2.24, 2.45) is 0 Å². The van der Waals surface area contributed by atoms with Crippen molar-refractivity contribution in [1.82, 2.24) is 5.32 Å². The molecule has 0 spiro atoms. The highest BCUT2D eigenvalue weighted by Crippen LogP contribution is 2.22. The van der Waals surface area contributed by atoms with Crippen LogP contribution in [0.15, 0.2) is 28.7 Å². The molecule has 1 unspecified atom stereocenters. The highest BCUT2D eigenvalue weighted by Gasteiger charge is 2.14. The van der Waals surface area contributed by atoms with Crippen LogP contribution in [0.1, 0.15) is 34.2 Å². The normalized spacial score (nSPS) is 12.3. The van der Waals surface area contributed by atoms with Crippen molar-refractivity contribution < 1.29 is 13.9 Å². The van der Waals surface area contributed by atoms with E-state index in [1.54, 1.807) is 23.5 Å². The van der Waals surface area contributed by atoms with Gasteiger partial charge in [-0.2, -0.15) is 0 Å². The van der Waals surface area contributed by atoms with Gasteiger partial charge in [0.2, 0.25) is 5.76 Å². The first-order chi connectivity index (χ1) is 9.60. The molecule has 0 aliphatic carbocycles. The average molecular weight is 314 g/mol. The zero-order valence-corrected chi connectivity index (χ0v) is 12.9. The van der Waals surface area contributed by atoms with Crippen molar-refractivity contribution in [2.45, 2.75) is 19.4 Å². The van der Waals surface area contributed by atoms with Crippen LogP contribution in [0, 0.1) is 0 Å². The van der Waals surface area contributed by atoms with Gasteiger partial charge in [-0.05, 0) is 37.6 Å². The van der Waals surface area contributed by atoms with Crippen LogP contribution in [0.3, 0.4) is 0 Å². The third-order valence-corrected chi connectivity index (χ3v) is 4.18. The van der Waals surface area contributed by atoms with Crippen LogP contribution in [0.4, 0.5) is 0 Å². The zero-order valence-electron chi connectivity index (χ0n) is 11.3. The maximum absolute atomic E-state index is 11.3. The number of ether oxygens (including phenoxy) is 1. The minimum absolute atomic E-state index is 0.0313. The van der Waals surface area contributed by atoms with Crippen molar-refractivity contribution >= 4 is 28.9 Å². The van der Waals surface area contributed by atoms with Crippen molar-refractivity contribution in [1.29, 1.82) is 0 Å². The summed E-state index contributed by atoms with van der Waals surface area (Å²) in [6, 6.07) is 7.37. The van der Waals surface area contributed by atoms with Gasteiger partial charge in [-0.1, -0.05) is 11.6 Å². The quantitative estimate of drug-likeness (QED) is 0.827. The van der Waals surface area contributed by atoms with Crippen LogP contribution in [-0.4, -0.2) is 19.6 Å². The molecule has 0 aliphatic heterocycles. The molecule has 1 N–H and O–H groups in total. The number of carbonyl (C=O) groups excluding carboxylic acids is 1. The second-order valence-corrected chi connectivity index (χ2v) is 6.12. The minimum atomic E-state index is -0.461. The van der Waals surface area contributed by atoms with E-state index in [1.165, 1.54) is 12.0 Å². The summed E-state index contributed by atoms with van der Waals surface area (Å²) in [5.74, 6) is 0.479. The van der Waals surface area contributed by atoms with Crippen molar-refractivity contribution in [2.75, 3.05) is 13.7 Å². The second kappa shape index (κ2) is 6.92. The number of hydrogen-bond acceptors (Lipinski definition) is 5. The summed E-state index contributed by atoms with van der Waals surface area (Å²) in [6.45, 7) is 2.80. The maximum Gasteiger partial charge on any atom is 0.373 e. The highest BCUT2D eigenvalue weighted by molar-refractivity contribution is 7.16. The first-order valence-electron chi connectivity index (χ1n) is 6.26. The Hall–Kier alpha value is -1.30. The summed E-state index contributed by atoms with van der Waals surface area (Å²) in [4.78, 5) is 12.5. The lowest BCUT2D eigenvalue weighted by Gasteiger charge is -2.10. The molecular formula is C14H16ClNO3S. The van der Waals surface area contributed by atoms with E-state index in [9.17, 15) is 4.79 Å². The van der Waals surface area contributed by atoms with Gasteiger partial charge in [0.25, 0.3) is 0 Å². The van der Waals surface area contributed by atoms with E-state index in [1.807, 2.05) is 19.1 Å². The molecule has 4 nitrogen and oxygen atoms in total. The molecule has 1 atom stereocenters. The number of hydrogen-bond donors (Lipinski definition) is 1. The molecule has 0 saturated carbocycles. The van der Waals surface area contributed by atoms with E-state index in [4.69, 9.17) is 16.0 Å².